The van der Waals surface area contributed by atoms with Gasteiger partial charge in [0.2, 0.25) is 0 Å². The van der Waals surface area contributed by atoms with Crippen molar-refractivity contribution in [3.63, 3.8) is 0 Å². The molecule has 94 valence electrons. The molecule has 1 fully saturated rings. The molecule has 0 bridgehead atoms. The van der Waals surface area contributed by atoms with Crippen molar-refractivity contribution in [3.05, 3.63) is 21.2 Å². The molecule has 5 nitrogen and oxygen atoms in total. The molecular weight excluding hydrogens is 284 g/mol. The van der Waals surface area contributed by atoms with Crippen molar-refractivity contribution in [2.75, 3.05) is 25.0 Å². The van der Waals surface area contributed by atoms with Crippen LogP contribution in [0.5, 0.6) is 0 Å². The summed E-state index contributed by atoms with van der Waals surface area (Å²) in [4.78, 5) is 20.6. The molecule has 1 unspecified atom stereocenters. The smallest absolute Gasteiger partial charge is 0.267 e. The van der Waals surface area contributed by atoms with Gasteiger partial charge in [0.1, 0.15) is 4.47 Å². The second-order valence-corrected chi connectivity index (χ2v) is 5.06. The SMILES string of the molecule is CNCC1CCCCN1c1nc[nH]c(=O)c1Br. The van der Waals surface area contributed by atoms with Crippen molar-refractivity contribution < 1.29 is 0 Å². The number of halogens is 1. The predicted molar refractivity (Wildman–Crippen MR) is 71.5 cm³/mol. The predicted octanol–water partition coefficient (Wildman–Crippen LogP) is 1.11. The number of hydrogen-bond donors (Lipinski definition) is 2. The van der Waals surface area contributed by atoms with E-state index in [-0.39, 0.29) is 5.56 Å². The number of likely N-dealkylation sites (N-methyl/N-ethyl adjacent to an activating group) is 1. The molecule has 1 aromatic rings. The first-order valence-corrected chi connectivity index (χ1v) is 6.67. The number of aromatic amines is 1. The number of H-pyrrole nitrogens is 1. The van der Waals surface area contributed by atoms with Crippen LogP contribution in [-0.2, 0) is 0 Å². The van der Waals surface area contributed by atoms with Gasteiger partial charge in [0, 0.05) is 19.1 Å². The van der Waals surface area contributed by atoms with Gasteiger partial charge in [0.15, 0.2) is 5.82 Å². The van der Waals surface area contributed by atoms with Crippen molar-refractivity contribution in [1.29, 1.82) is 0 Å². The zero-order chi connectivity index (χ0) is 12.3. The summed E-state index contributed by atoms with van der Waals surface area (Å²) in [6, 6.07) is 0.416. The number of nitrogens with zero attached hydrogens (tertiary/aromatic N) is 2. The zero-order valence-electron chi connectivity index (χ0n) is 9.87. The van der Waals surface area contributed by atoms with Gasteiger partial charge < -0.3 is 15.2 Å². The number of aromatic nitrogens is 2. The highest BCUT2D eigenvalue weighted by atomic mass is 79.9. The fraction of sp³-hybridized carbons (Fsp3) is 0.636. The molecule has 0 amide bonds. The van der Waals surface area contributed by atoms with Crippen LogP contribution in [0.4, 0.5) is 5.82 Å². The van der Waals surface area contributed by atoms with Gasteiger partial charge in [-0.15, -0.1) is 0 Å². The van der Waals surface area contributed by atoms with Crippen LogP contribution in [0.1, 0.15) is 19.3 Å². The average Bonchev–Trinajstić information content (AvgIpc) is 2.34. The van der Waals surface area contributed by atoms with E-state index in [0.29, 0.717) is 10.5 Å². The van der Waals surface area contributed by atoms with Crippen LogP contribution in [0.25, 0.3) is 0 Å². The van der Waals surface area contributed by atoms with Gasteiger partial charge in [-0.1, -0.05) is 0 Å². The van der Waals surface area contributed by atoms with Gasteiger partial charge in [-0.25, -0.2) is 4.98 Å². The Bertz CT molecular complexity index is 432. The van der Waals surface area contributed by atoms with Crippen LogP contribution in [-0.4, -0.2) is 36.1 Å². The van der Waals surface area contributed by atoms with E-state index in [2.05, 4.69) is 36.1 Å². The first kappa shape index (κ1) is 12.6. The van der Waals surface area contributed by atoms with Crippen molar-refractivity contribution >= 4 is 21.7 Å². The monoisotopic (exact) mass is 300 g/mol. The van der Waals surface area contributed by atoms with Crippen LogP contribution in [0.2, 0.25) is 0 Å². The molecule has 1 aromatic heterocycles. The molecular formula is C11H17BrN4O. The van der Waals surface area contributed by atoms with Crippen LogP contribution in [0.3, 0.4) is 0 Å². The molecule has 0 aliphatic carbocycles. The number of anilines is 1. The van der Waals surface area contributed by atoms with E-state index in [1.165, 1.54) is 12.7 Å². The Morgan fingerprint density at radius 1 is 1.65 bits per heavy atom. The zero-order valence-corrected chi connectivity index (χ0v) is 11.5. The second kappa shape index (κ2) is 5.64. The van der Waals surface area contributed by atoms with E-state index >= 15 is 0 Å². The topological polar surface area (TPSA) is 61.0 Å². The van der Waals surface area contributed by atoms with Crippen LogP contribution in [0, 0.1) is 0 Å². The van der Waals surface area contributed by atoms with Crippen molar-refractivity contribution in [2.45, 2.75) is 25.3 Å². The molecule has 0 spiro atoms. The quantitative estimate of drug-likeness (QED) is 0.878. The van der Waals surface area contributed by atoms with Gasteiger partial charge in [0.05, 0.1) is 6.33 Å². The lowest BCUT2D eigenvalue weighted by molar-refractivity contribution is 0.442. The van der Waals surface area contributed by atoms with Gasteiger partial charge in [-0.3, -0.25) is 4.79 Å². The molecule has 2 heterocycles. The normalized spacial score (nSPS) is 20.6. The fourth-order valence-electron chi connectivity index (χ4n) is 2.30. The van der Waals surface area contributed by atoms with Gasteiger partial charge >= 0.3 is 0 Å². The molecule has 1 saturated heterocycles. The lowest BCUT2D eigenvalue weighted by atomic mass is 10.0. The summed E-state index contributed by atoms with van der Waals surface area (Å²) in [6.07, 6.45) is 5.00. The van der Waals surface area contributed by atoms with E-state index in [0.717, 1.165) is 31.7 Å². The summed E-state index contributed by atoms with van der Waals surface area (Å²) in [5, 5.41) is 3.20. The molecule has 0 aromatic carbocycles. The molecule has 1 aliphatic heterocycles. The minimum Gasteiger partial charge on any atom is -0.351 e. The number of rotatable bonds is 3. The molecule has 0 radical (unpaired) electrons. The summed E-state index contributed by atoms with van der Waals surface area (Å²) in [5.74, 6) is 0.758. The third-order valence-electron chi connectivity index (χ3n) is 3.12. The highest BCUT2D eigenvalue weighted by Gasteiger charge is 2.25. The standard InChI is InChI=1S/C11H17BrN4O/c1-13-6-8-4-2-3-5-16(8)10-9(12)11(17)15-7-14-10/h7-8,13H,2-6H2,1H3,(H,14,15,17). The van der Waals surface area contributed by atoms with E-state index in [1.54, 1.807) is 0 Å². The first-order chi connectivity index (χ1) is 8.24. The lowest BCUT2D eigenvalue weighted by Crippen LogP contribution is -2.46. The number of nitrogens with one attached hydrogen (secondary N) is 2. The Labute approximate surface area is 109 Å². The van der Waals surface area contributed by atoms with Crippen LogP contribution < -0.4 is 15.8 Å². The maximum absolute atomic E-state index is 11.6. The molecule has 6 heteroatoms. The maximum Gasteiger partial charge on any atom is 0.267 e. The van der Waals surface area contributed by atoms with Crippen LogP contribution >= 0.6 is 15.9 Å². The first-order valence-electron chi connectivity index (χ1n) is 5.88. The van der Waals surface area contributed by atoms with Crippen molar-refractivity contribution in [3.8, 4) is 0 Å². The summed E-state index contributed by atoms with van der Waals surface area (Å²) in [6.45, 7) is 1.88. The van der Waals surface area contributed by atoms with Gasteiger partial charge in [0.25, 0.3) is 5.56 Å². The minimum atomic E-state index is -0.121. The average molecular weight is 301 g/mol. The van der Waals surface area contributed by atoms with E-state index in [1.807, 2.05) is 7.05 Å². The van der Waals surface area contributed by atoms with Gasteiger partial charge in [-0.2, -0.15) is 0 Å². The highest BCUT2D eigenvalue weighted by molar-refractivity contribution is 9.10. The summed E-state index contributed by atoms with van der Waals surface area (Å²) >= 11 is 3.33. The number of piperidine rings is 1. The summed E-state index contributed by atoms with van der Waals surface area (Å²) in [7, 11) is 1.95. The maximum atomic E-state index is 11.6. The second-order valence-electron chi connectivity index (χ2n) is 4.27. The van der Waals surface area contributed by atoms with E-state index in [4.69, 9.17) is 0 Å². The lowest BCUT2D eigenvalue weighted by Gasteiger charge is -2.36. The Morgan fingerprint density at radius 2 is 2.47 bits per heavy atom. The van der Waals surface area contributed by atoms with E-state index < -0.39 is 0 Å². The Hall–Kier alpha value is -0.880. The van der Waals surface area contributed by atoms with E-state index in [9.17, 15) is 4.79 Å². The summed E-state index contributed by atoms with van der Waals surface area (Å²) < 4.78 is 0.531. The molecule has 2 rings (SSSR count). The fourth-order valence-corrected chi connectivity index (χ4v) is 2.75. The van der Waals surface area contributed by atoms with Crippen LogP contribution in [0.15, 0.2) is 15.6 Å². The largest absolute Gasteiger partial charge is 0.351 e. The third kappa shape index (κ3) is 2.69. The third-order valence-corrected chi connectivity index (χ3v) is 3.83. The Morgan fingerprint density at radius 3 is 3.24 bits per heavy atom. The molecule has 0 saturated carbocycles. The molecule has 1 aliphatic rings. The van der Waals surface area contributed by atoms with Crippen molar-refractivity contribution in [1.82, 2.24) is 15.3 Å². The van der Waals surface area contributed by atoms with Crippen molar-refractivity contribution in [2.24, 2.45) is 0 Å². The minimum absolute atomic E-state index is 0.121. The summed E-state index contributed by atoms with van der Waals surface area (Å²) in [5.41, 5.74) is -0.121. The van der Waals surface area contributed by atoms with Gasteiger partial charge in [-0.05, 0) is 42.2 Å². The Balaban J connectivity index is 2.29. The Kier molecular flexibility index (Phi) is 4.17. The highest BCUT2D eigenvalue weighted by Crippen LogP contribution is 2.26. The molecule has 2 N–H and O–H groups in total. The number of hydrogen-bond acceptors (Lipinski definition) is 4. The molecule has 1 atom stereocenters. The molecule has 17 heavy (non-hydrogen) atoms.